The van der Waals surface area contributed by atoms with E-state index in [1.807, 2.05) is 0 Å². The molecule has 19 heavy (non-hydrogen) atoms. The maximum atomic E-state index is 13.5. The maximum Gasteiger partial charge on any atom is 0.488 e. The Bertz CT molecular complexity index is 441. The summed E-state index contributed by atoms with van der Waals surface area (Å²) in [5, 5.41) is 18.3. The van der Waals surface area contributed by atoms with Crippen LogP contribution in [0.15, 0.2) is 18.2 Å². The second-order valence-corrected chi connectivity index (χ2v) is 5.60. The van der Waals surface area contributed by atoms with Crippen LogP contribution in [0.1, 0.15) is 32.3 Å². The first-order valence-electron chi connectivity index (χ1n) is 6.87. The minimum atomic E-state index is -1.62. The molecular weight excluding hydrogens is 244 g/mol. The molecule has 1 aromatic rings. The predicted molar refractivity (Wildman–Crippen MR) is 74.5 cm³/mol. The summed E-state index contributed by atoms with van der Waals surface area (Å²) >= 11 is 0. The van der Waals surface area contributed by atoms with Crippen LogP contribution in [0.2, 0.25) is 0 Å². The van der Waals surface area contributed by atoms with Gasteiger partial charge in [-0.3, -0.25) is 4.90 Å². The fourth-order valence-corrected chi connectivity index (χ4v) is 2.79. The molecule has 1 aliphatic heterocycles. The van der Waals surface area contributed by atoms with Crippen molar-refractivity contribution >= 4 is 12.6 Å². The minimum absolute atomic E-state index is 0.215. The lowest BCUT2D eigenvalue weighted by molar-refractivity contribution is 0.106. The van der Waals surface area contributed by atoms with E-state index in [1.54, 1.807) is 6.07 Å². The Balaban J connectivity index is 2.14. The fraction of sp³-hybridized carbons (Fsp3) is 0.571. The number of nitrogens with zero attached hydrogens (tertiary/aromatic N) is 1. The second kappa shape index (κ2) is 6.03. The second-order valence-electron chi connectivity index (χ2n) is 5.60. The van der Waals surface area contributed by atoms with E-state index in [1.165, 1.54) is 12.5 Å². The number of piperidine rings is 1. The lowest BCUT2D eigenvalue weighted by Gasteiger charge is -2.38. The van der Waals surface area contributed by atoms with E-state index in [9.17, 15) is 4.39 Å². The Hall–Kier alpha value is -0.905. The topological polar surface area (TPSA) is 43.7 Å². The summed E-state index contributed by atoms with van der Waals surface area (Å²) in [5.74, 6) is 0.225. The zero-order valence-corrected chi connectivity index (χ0v) is 11.5. The van der Waals surface area contributed by atoms with Gasteiger partial charge in [0.1, 0.15) is 5.82 Å². The van der Waals surface area contributed by atoms with E-state index >= 15 is 0 Å². The summed E-state index contributed by atoms with van der Waals surface area (Å²) in [5.41, 5.74) is 1.01. The molecule has 0 amide bonds. The Morgan fingerprint density at radius 1 is 1.32 bits per heavy atom. The first kappa shape index (κ1) is 14.5. The van der Waals surface area contributed by atoms with E-state index in [0.29, 0.717) is 18.5 Å². The molecule has 0 aliphatic carbocycles. The largest absolute Gasteiger partial charge is 0.488 e. The van der Waals surface area contributed by atoms with Gasteiger partial charge in [0.25, 0.3) is 0 Å². The number of benzene rings is 1. The highest BCUT2D eigenvalue weighted by Gasteiger charge is 2.25. The van der Waals surface area contributed by atoms with Crippen LogP contribution in [0.3, 0.4) is 0 Å². The van der Waals surface area contributed by atoms with Gasteiger partial charge in [-0.1, -0.05) is 13.0 Å². The average molecular weight is 265 g/mol. The molecule has 3 nitrogen and oxygen atoms in total. The van der Waals surface area contributed by atoms with Crippen molar-refractivity contribution in [1.29, 1.82) is 0 Å². The molecule has 1 heterocycles. The van der Waals surface area contributed by atoms with Crippen molar-refractivity contribution < 1.29 is 14.4 Å². The first-order valence-corrected chi connectivity index (χ1v) is 6.87. The lowest BCUT2D eigenvalue weighted by Crippen LogP contribution is -2.42. The van der Waals surface area contributed by atoms with E-state index in [2.05, 4.69) is 18.7 Å². The summed E-state index contributed by atoms with van der Waals surface area (Å²) in [4.78, 5) is 2.33. The molecule has 104 valence electrons. The number of hydrogen-bond acceptors (Lipinski definition) is 3. The SMILES string of the molecule is CC1CCCN(Cc2cc(F)cc(B(O)O)c2)C1C. The van der Waals surface area contributed by atoms with Crippen molar-refractivity contribution in [3.8, 4) is 0 Å². The molecule has 2 atom stereocenters. The van der Waals surface area contributed by atoms with Crippen molar-refractivity contribution in [1.82, 2.24) is 4.90 Å². The van der Waals surface area contributed by atoms with Gasteiger partial charge in [0.05, 0.1) is 0 Å². The molecule has 2 N–H and O–H groups in total. The van der Waals surface area contributed by atoms with Crippen LogP contribution in [0.5, 0.6) is 0 Å². The van der Waals surface area contributed by atoms with Crippen LogP contribution in [0.25, 0.3) is 0 Å². The summed E-state index contributed by atoms with van der Waals surface area (Å²) in [6, 6.07) is 4.77. The molecule has 0 radical (unpaired) electrons. The summed E-state index contributed by atoms with van der Waals surface area (Å²) in [6.45, 7) is 6.11. The van der Waals surface area contributed by atoms with Crippen LogP contribution in [-0.4, -0.2) is 34.7 Å². The number of hydrogen-bond donors (Lipinski definition) is 2. The molecule has 1 fully saturated rings. The van der Waals surface area contributed by atoms with Gasteiger partial charge in [-0.15, -0.1) is 0 Å². The van der Waals surface area contributed by atoms with Gasteiger partial charge in [-0.05, 0) is 55.4 Å². The third-order valence-electron chi connectivity index (χ3n) is 4.17. The molecule has 2 rings (SSSR count). The minimum Gasteiger partial charge on any atom is -0.423 e. The monoisotopic (exact) mass is 265 g/mol. The fourth-order valence-electron chi connectivity index (χ4n) is 2.79. The van der Waals surface area contributed by atoms with Crippen LogP contribution in [0.4, 0.5) is 4.39 Å². The van der Waals surface area contributed by atoms with Gasteiger partial charge < -0.3 is 10.0 Å². The van der Waals surface area contributed by atoms with E-state index in [4.69, 9.17) is 10.0 Å². The van der Waals surface area contributed by atoms with Crippen LogP contribution in [-0.2, 0) is 6.54 Å². The lowest BCUT2D eigenvalue weighted by atomic mass is 9.79. The Morgan fingerprint density at radius 2 is 2.05 bits per heavy atom. The number of likely N-dealkylation sites (tertiary alicyclic amines) is 1. The zero-order chi connectivity index (χ0) is 14.0. The molecule has 2 unspecified atom stereocenters. The summed E-state index contributed by atoms with van der Waals surface area (Å²) in [6.07, 6.45) is 2.40. The normalized spacial score (nSPS) is 24.5. The third kappa shape index (κ3) is 3.56. The number of rotatable bonds is 3. The van der Waals surface area contributed by atoms with Crippen molar-refractivity contribution in [2.75, 3.05) is 6.54 Å². The van der Waals surface area contributed by atoms with Crippen LogP contribution in [0, 0.1) is 11.7 Å². The third-order valence-corrected chi connectivity index (χ3v) is 4.17. The van der Waals surface area contributed by atoms with E-state index < -0.39 is 12.9 Å². The van der Waals surface area contributed by atoms with Gasteiger partial charge in [0, 0.05) is 12.6 Å². The highest BCUT2D eigenvalue weighted by molar-refractivity contribution is 6.58. The van der Waals surface area contributed by atoms with Crippen molar-refractivity contribution in [2.24, 2.45) is 5.92 Å². The molecular formula is C14H21BFNO2. The summed E-state index contributed by atoms with van der Waals surface area (Å²) < 4.78 is 13.5. The molecule has 1 saturated heterocycles. The highest BCUT2D eigenvalue weighted by Crippen LogP contribution is 2.24. The van der Waals surface area contributed by atoms with Crippen LogP contribution >= 0.6 is 0 Å². The smallest absolute Gasteiger partial charge is 0.423 e. The number of halogens is 1. The molecule has 0 aromatic heterocycles. The van der Waals surface area contributed by atoms with Crippen molar-refractivity contribution in [3.05, 3.63) is 29.6 Å². The average Bonchev–Trinajstić information content (AvgIpc) is 2.34. The van der Waals surface area contributed by atoms with Crippen molar-refractivity contribution in [3.63, 3.8) is 0 Å². The Morgan fingerprint density at radius 3 is 2.74 bits per heavy atom. The zero-order valence-electron chi connectivity index (χ0n) is 11.5. The van der Waals surface area contributed by atoms with Gasteiger partial charge in [0.2, 0.25) is 0 Å². The maximum absolute atomic E-state index is 13.5. The van der Waals surface area contributed by atoms with Gasteiger partial charge in [0.15, 0.2) is 0 Å². The van der Waals surface area contributed by atoms with Gasteiger partial charge >= 0.3 is 7.12 Å². The first-order chi connectivity index (χ1) is 8.97. The standard InChI is InChI=1S/C14H21BFNO2/c1-10-4-3-5-17(11(10)2)9-12-6-13(15(18)19)8-14(16)7-12/h6-8,10-11,18-19H,3-5,9H2,1-2H3. The summed E-state index contributed by atoms with van der Waals surface area (Å²) in [7, 11) is -1.62. The molecule has 0 bridgehead atoms. The molecule has 1 aromatic carbocycles. The molecule has 0 saturated carbocycles. The molecule has 0 spiro atoms. The van der Waals surface area contributed by atoms with E-state index in [-0.39, 0.29) is 5.46 Å². The Kier molecular flexibility index (Phi) is 4.60. The van der Waals surface area contributed by atoms with Crippen molar-refractivity contribution in [2.45, 2.75) is 39.3 Å². The Labute approximate surface area is 114 Å². The molecule has 5 heteroatoms. The van der Waals surface area contributed by atoms with Crippen LogP contribution < -0.4 is 5.46 Å². The molecule has 1 aliphatic rings. The highest BCUT2D eigenvalue weighted by atomic mass is 19.1. The van der Waals surface area contributed by atoms with E-state index in [0.717, 1.165) is 24.6 Å². The van der Waals surface area contributed by atoms with Gasteiger partial charge in [-0.2, -0.15) is 0 Å². The van der Waals surface area contributed by atoms with Gasteiger partial charge in [-0.25, -0.2) is 4.39 Å². The quantitative estimate of drug-likeness (QED) is 0.805. The predicted octanol–water partition coefficient (Wildman–Crippen LogP) is 1.13.